The molecule has 1 aliphatic rings. The zero-order valence-corrected chi connectivity index (χ0v) is 9.78. The molecule has 0 N–H and O–H groups in total. The van der Waals surface area contributed by atoms with Gasteiger partial charge in [0, 0.05) is 0 Å². The van der Waals surface area contributed by atoms with Gasteiger partial charge in [0.25, 0.3) is 0 Å². The van der Waals surface area contributed by atoms with Gasteiger partial charge in [-0.25, -0.2) is 0 Å². The van der Waals surface area contributed by atoms with Crippen molar-refractivity contribution in [2.45, 2.75) is 39.0 Å². The quantitative estimate of drug-likeness (QED) is 0.661. The van der Waals surface area contributed by atoms with Crippen LogP contribution in [0.1, 0.15) is 39.0 Å². The van der Waals surface area contributed by atoms with Crippen LogP contribution in [0.15, 0.2) is 0 Å². The lowest BCUT2D eigenvalue weighted by atomic mass is 9.91. The highest BCUT2D eigenvalue weighted by atomic mass is 32.2. The molecule has 2 nitrogen and oxygen atoms in total. The number of thioether (sulfide) groups is 1. The monoisotopic (exact) mass is 216 g/mol. The van der Waals surface area contributed by atoms with Crippen LogP contribution >= 0.6 is 11.8 Å². The van der Waals surface area contributed by atoms with E-state index in [1.165, 1.54) is 32.1 Å². The maximum atomic E-state index is 11.0. The maximum Gasteiger partial charge on any atom is 0.315 e. The predicted molar refractivity (Wildman–Crippen MR) is 60.5 cm³/mol. The Labute approximate surface area is 90.8 Å². The van der Waals surface area contributed by atoms with Crippen molar-refractivity contribution >= 4 is 17.7 Å². The molecule has 0 atom stereocenters. The highest BCUT2D eigenvalue weighted by molar-refractivity contribution is 7.99. The van der Waals surface area contributed by atoms with E-state index in [-0.39, 0.29) is 5.97 Å². The number of ether oxygens (including phenoxy) is 1. The Hall–Kier alpha value is -0.180. The van der Waals surface area contributed by atoms with Crippen molar-refractivity contribution in [3.05, 3.63) is 0 Å². The molecule has 0 aromatic heterocycles. The van der Waals surface area contributed by atoms with Crippen molar-refractivity contribution in [1.29, 1.82) is 0 Å². The van der Waals surface area contributed by atoms with Crippen LogP contribution in [-0.2, 0) is 9.53 Å². The molecule has 0 spiro atoms. The van der Waals surface area contributed by atoms with Gasteiger partial charge in [0.1, 0.15) is 0 Å². The lowest BCUT2D eigenvalue weighted by Crippen LogP contribution is -2.12. The summed E-state index contributed by atoms with van der Waals surface area (Å²) in [4.78, 5) is 11.0. The fourth-order valence-electron chi connectivity index (χ4n) is 1.87. The maximum absolute atomic E-state index is 11.0. The van der Waals surface area contributed by atoms with Crippen LogP contribution in [0.4, 0.5) is 0 Å². The molecule has 0 radical (unpaired) electrons. The van der Waals surface area contributed by atoms with Crippen LogP contribution < -0.4 is 0 Å². The van der Waals surface area contributed by atoms with Crippen LogP contribution in [0.3, 0.4) is 0 Å². The average Bonchev–Trinajstić information content (AvgIpc) is 2.20. The highest BCUT2D eigenvalue weighted by Gasteiger charge is 2.13. The van der Waals surface area contributed by atoms with E-state index in [0.717, 1.165) is 11.7 Å². The molecular formula is C11H20O2S. The summed E-state index contributed by atoms with van der Waals surface area (Å²) in [6.45, 7) is 2.35. The van der Waals surface area contributed by atoms with Gasteiger partial charge in [-0.1, -0.05) is 19.3 Å². The SMILES string of the molecule is CCOC(=O)CSCC1CCCCC1. The lowest BCUT2D eigenvalue weighted by Gasteiger charge is -2.20. The van der Waals surface area contributed by atoms with Gasteiger partial charge in [0.15, 0.2) is 0 Å². The summed E-state index contributed by atoms with van der Waals surface area (Å²) < 4.78 is 4.87. The normalized spacial score (nSPS) is 18.1. The van der Waals surface area contributed by atoms with Crippen LogP contribution in [0.5, 0.6) is 0 Å². The van der Waals surface area contributed by atoms with E-state index in [0.29, 0.717) is 12.4 Å². The Balaban J connectivity index is 1.99. The molecule has 1 aliphatic carbocycles. The van der Waals surface area contributed by atoms with Crippen LogP contribution in [0, 0.1) is 5.92 Å². The van der Waals surface area contributed by atoms with E-state index < -0.39 is 0 Å². The minimum Gasteiger partial charge on any atom is -0.465 e. The Morgan fingerprint density at radius 3 is 2.71 bits per heavy atom. The topological polar surface area (TPSA) is 26.3 Å². The van der Waals surface area contributed by atoms with Crippen molar-refractivity contribution in [1.82, 2.24) is 0 Å². The molecule has 0 unspecified atom stereocenters. The average molecular weight is 216 g/mol. The molecule has 0 amide bonds. The third-order valence-electron chi connectivity index (χ3n) is 2.60. The predicted octanol–water partition coefficient (Wildman–Crippen LogP) is 2.86. The minimum atomic E-state index is -0.0618. The molecule has 0 aromatic carbocycles. The van der Waals surface area contributed by atoms with Crippen LogP contribution in [0.2, 0.25) is 0 Å². The standard InChI is InChI=1S/C11H20O2S/c1-2-13-11(12)9-14-8-10-6-4-3-5-7-10/h10H,2-9H2,1H3. The summed E-state index contributed by atoms with van der Waals surface area (Å²) in [5, 5.41) is 0. The van der Waals surface area contributed by atoms with Gasteiger partial charge < -0.3 is 4.74 Å². The Bertz CT molecular complexity index is 165. The fraction of sp³-hybridized carbons (Fsp3) is 0.909. The molecule has 0 heterocycles. The lowest BCUT2D eigenvalue weighted by molar-refractivity contribution is -0.139. The molecule has 0 bridgehead atoms. The first kappa shape index (κ1) is 11.9. The van der Waals surface area contributed by atoms with Crippen molar-refractivity contribution in [2.24, 2.45) is 5.92 Å². The second kappa shape index (κ2) is 7.16. The number of carbonyl (C=O) groups excluding carboxylic acids is 1. The van der Waals surface area contributed by atoms with E-state index >= 15 is 0 Å². The molecule has 0 aromatic rings. The third kappa shape index (κ3) is 4.89. The van der Waals surface area contributed by atoms with E-state index in [1.807, 2.05) is 6.92 Å². The third-order valence-corrected chi connectivity index (χ3v) is 3.75. The van der Waals surface area contributed by atoms with Crippen molar-refractivity contribution in [2.75, 3.05) is 18.1 Å². The molecule has 3 heteroatoms. The van der Waals surface area contributed by atoms with Crippen molar-refractivity contribution in [3.63, 3.8) is 0 Å². The number of carbonyl (C=O) groups is 1. The number of hydrogen-bond donors (Lipinski definition) is 0. The molecule has 0 saturated heterocycles. The largest absolute Gasteiger partial charge is 0.465 e. The zero-order chi connectivity index (χ0) is 10.2. The second-order valence-electron chi connectivity index (χ2n) is 3.82. The summed E-state index contributed by atoms with van der Waals surface area (Å²) in [6, 6.07) is 0. The van der Waals surface area contributed by atoms with E-state index in [2.05, 4.69) is 0 Å². The minimum absolute atomic E-state index is 0.0618. The summed E-state index contributed by atoms with van der Waals surface area (Å²) in [5.74, 6) is 2.46. The number of rotatable bonds is 5. The molecule has 1 fully saturated rings. The number of esters is 1. The Morgan fingerprint density at radius 2 is 2.07 bits per heavy atom. The van der Waals surface area contributed by atoms with Crippen molar-refractivity contribution in [3.8, 4) is 0 Å². The summed E-state index contributed by atoms with van der Waals surface area (Å²) >= 11 is 1.73. The molecule has 82 valence electrons. The van der Waals surface area contributed by atoms with Crippen molar-refractivity contribution < 1.29 is 9.53 Å². The molecular weight excluding hydrogens is 196 g/mol. The first-order valence-electron chi connectivity index (χ1n) is 5.56. The summed E-state index contributed by atoms with van der Waals surface area (Å²) in [6.07, 6.45) is 6.87. The Morgan fingerprint density at radius 1 is 1.36 bits per heavy atom. The van der Waals surface area contributed by atoms with Gasteiger partial charge in [-0.2, -0.15) is 0 Å². The first-order valence-corrected chi connectivity index (χ1v) is 6.71. The zero-order valence-electron chi connectivity index (χ0n) is 8.96. The summed E-state index contributed by atoms with van der Waals surface area (Å²) in [7, 11) is 0. The van der Waals surface area contributed by atoms with E-state index in [1.54, 1.807) is 11.8 Å². The highest BCUT2D eigenvalue weighted by Crippen LogP contribution is 2.26. The molecule has 1 saturated carbocycles. The van der Waals surface area contributed by atoms with Gasteiger partial charge in [0.2, 0.25) is 0 Å². The van der Waals surface area contributed by atoms with E-state index in [9.17, 15) is 4.79 Å². The first-order chi connectivity index (χ1) is 6.83. The van der Waals surface area contributed by atoms with Gasteiger partial charge >= 0.3 is 5.97 Å². The fourth-order valence-corrected chi connectivity index (χ4v) is 2.90. The van der Waals surface area contributed by atoms with Gasteiger partial charge in [-0.3, -0.25) is 4.79 Å². The number of hydrogen-bond acceptors (Lipinski definition) is 3. The van der Waals surface area contributed by atoms with Gasteiger partial charge in [-0.05, 0) is 31.4 Å². The molecule has 14 heavy (non-hydrogen) atoms. The Kier molecular flexibility index (Phi) is 6.08. The smallest absolute Gasteiger partial charge is 0.315 e. The van der Waals surface area contributed by atoms with Crippen LogP contribution in [0.25, 0.3) is 0 Å². The molecule has 0 aliphatic heterocycles. The van der Waals surface area contributed by atoms with E-state index in [4.69, 9.17) is 4.74 Å². The summed E-state index contributed by atoms with van der Waals surface area (Å²) in [5.41, 5.74) is 0. The van der Waals surface area contributed by atoms with Gasteiger partial charge in [-0.15, -0.1) is 11.8 Å². The van der Waals surface area contributed by atoms with Gasteiger partial charge in [0.05, 0.1) is 12.4 Å². The second-order valence-corrected chi connectivity index (χ2v) is 4.85. The molecule has 1 rings (SSSR count). The van der Waals surface area contributed by atoms with Crippen LogP contribution in [-0.4, -0.2) is 24.1 Å².